The molecule has 0 aromatic heterocycles. The monoisotopic (exact) mass is 543 g/mol. The Balaban J connectivity index is 2.05. The van der Waals surface area contributed by atoms with E-state index in [1.165, 1.54) is 0 Å². The van der Waals surface area contributed by atoms with E-state index in [4.69, 9.17) is 4.74 Å². The number of hydrogen-bond acceptors (Lipinski definition) is 3. The van der Waals surface area contributed by atoms with Crippen molar-refractivity contribution in [2.45, 2.75) is 31.9 Å². The van der Waals surface area contributed by atoms with E-state index in [-0.39, 0.29) is 28.2 Å². The van der Waals surface area contributed by atoms with Crippen molar-refractivity contribution in [3.05, 3.63) is 94.8 Å². The van der Waals surface area contributed by atoms with E-state index < -0.39 is 60.9 Å². The number of carboxylic acid groups (broad SMARTS) is 1. The lowest BCUT2D eigenvalue weighted by Gasteiger charge is -2.26. The van der Waals surface area contributed by atoms with E-state index in [1.54, 1.807) is 30.3 Å². The van der Waals surface area contributed by atoms with Crippen molar-refractivity contribution in [2.24, 2.45) is 0 Å². The average Bonchev–Trinajstić information content (AvgIpc) is 2.83. The Bertz CT molecular complexity index is 1270. The third-order valence-electron chi connectivity index (χ3n) is 5.38. The molecule has 0 aliphatic heterocycles. The Morgan fingerprint density at radius 1 is 0.868 bits per heavy atom. The SMILES string of the molecule is O=C(O)Cc1ccc(F)c(-c2ccc(C(F)(F)F)cc2)c1CN(CC(F)(F)F)C(=O)OCc1ccccc1. The van der Waals surface area contributed by atoms with Crippen LogP contribution in [-0.2, 0) is 35.3 Å². The van der Waals surface area contributed by atoms with E-state index in [2.05, 4.69) is 0 Å². The van der Waals surface area contributed by atoms with Crippen molar-refractivity contribution in [3.8, 4) is 11.1 Å². The molecule has 5 nitrogen and oxygen atoms in total. The number of carboxylic acids is 1. The Morgan fingerprint density at radius 2 is 1.50 bits per heavy atom. The molecule has 1 amide bonds. The summed E-state index contributed by atoms with van der Waals surface area (Å²) in [5.41, 5.74) is -1.59. The minimum atomic E-state index is -4.90. The summed E-state index contributed by atoms with van der Waals surface area (Å²) in [4.78, 5) is 24.3. The standard InChI is InChI=1S/C26H20F7NO4/c27-21-11-8-18(12-22(35)36)20(23(21)17-6-9-19(10-7-17)26(31,32)33)13-34(15-25(28,29)30)24(37)38-14-16-4-2-1-3-5-16/h1-11H,12-15H2,(H,35,36). The van der Waals surface area contributed by atoms with Gasteiger partial charge in [0.2, 0.25) is 0 Å². The van der Waals surface area contributed by atoms with Gasteiger partial charge in [0.25, 0.3) is 0 Å². The molecule has 0 aliphatic rings. The van der Waals surface area contributed by atoms with Gasteiger partial charge in [0.15, 0.2) is 0 Å². The third kappa shape index (κ3) is 7.70. The number of benzene rings is 3. The van der Waals surface area contributed by atoms with E-state index in [9.17, 15) is 41.0 Å². The summed E-state index contributed by atoms with van der Waals surface area (Å²) in [5, 5.41) is 9.28. The maximum absolute atomic E-state index is 15.0. The van der Waals surface area contributed by atoms with Crippen LogP contribution in [0.4, 0.5) is 35.5 Å². The van der Waals surface area contributed by atoms with Crippen LogP contribution in [-0.4, -0.2) is 34.8 Å². The Kier molecular flexibility index (Phi) is 8.64. The van der Waals surface area contributed by atoms with E-state index >= 15 is 4.39 Å². The van der Waals surface area contributed by atoms with Crippen LogP contribution in [0, 0.1) is 5.82 Å². The molecule has 3 rings (SSSR count). The van der Waals surface area contributed by atoms with Crippen molar-refractivity contribution in [3.63, 3.8) is 0 Å². The smallest absolute Gasteiger partial charge is 0.416 e. The fraction of sp³-hybridized carbons (Fsp3) is 0.231. The van der Waals surface area contributed by atoms with Crippen LogP contribution >= 0.6 is 0 Å². The second kappa shape index (κ2) is 11.5. The summed E-state index contributed by atoms with van der Waals surface area (Å²) in [5.74, 6) is -2.43. The van der Waals surface area contributed by atoms with Gasteiger partial charge in [0, 0.05) is 5.56 Å². The van der Waals surface area contributed by atoms with Crippen molar-refractivity contribution >= 4 is 12.1 Å². The predicted octanol–water partition coefficient (Wildman–Crippen LogP) is 6.84. The average molecular weight is 543 g/mol. The topological polar surface area (TPSA) is 66.8 Å². The van der Waals surface area contributed by atoms with Crippen molar-refractivity contribution in [1.82, 2.24) is 4.90 Å². The lowest BCUT2D eigenvalue weighted by molar-refractivity contribution is -0.144. The minimum absolute atomic E-state index is 0.128. The molecule has 0 heterocycles. The van der Waals surface area contributed by atoms with Gasteiger partial charge >= 0.3 is 24.4 Å². The van der Waals surface area contributed by atoms with Gasteiger partial charge in [0.05, 0.1) is 18.5 Å². The fourth-order valence-corrected chi connectivity index (χ4v) is 3.71. The molecule has 0 radical (unpaired) electrons. The normalized spacial score (nSPS) is 11.8. The first-order valence-corrected chi connectivity index (χ1v) is 11.0. The molecule has 12 heteroatoms. The first-order chi connectivity index (χ1) is 17.7. The molecule has 38 heavy (non-hydrogen) atoms. The molecule has 0 aliphatic carbocycles. The Labute approximate surface area is 212 Å². The quantitative estimate of drug-likeness (QED) is 0.316. The van der Waals surface area contributed by atoms with Crippen LogP contribution in [0.15, 0.2) is 66.7 Å². The maximum atomic E-state index is 15.0. The molecule has 3 aromatic rings. The summed E-state index contributed by atoms with van der Waals surface area (Å²) < 4.78 is 99.2. The number of hydrogen-bond donors (Lipinski definition) is 1. The van der Waals surface area contributed by atoms with Crippen LogP contribution < -0.4 is 0 Å². The first kappa shape index (κ1) is 28.5. The van der Waals surface area contributed by atoms with Gasteiger partial charge in [-0.2, -0.15) is 26.3 Å². The highest BCUT2D eigenvalue weighted by molar-refractivity contribution is 5.76. The van der Waals surface area contributed by atoms with Crippen LogP contribution in [0.5, 0.6) is 0 Å². The Morgan fingerprint density at radius 3 is 2.05 bits per heavy atom. The summed E-state index contributed by atoms with van der Waals surface area (Å²) in [6.07, 6.45) is -11.8. The van der Waals surface area contributed by atoms with Gasteiger partial charge < -0.3 is 9.84 Å². The zero-order chi connectivity index (χ0) is 28.1. The second-order valence-corrected chi connectivity index (χ2v) is 8.22. The maximum Gasteiger partial charge on any atom is 0.416 e. The van der Waals surface area contributed by atoms with Gasteiger partial charge in [-0.3, -0.25) is 9.69 Å². The number of ether oxygens (including phenoxy) is 1. The summed E-state index contributed by atoms with van der Waals surface area (Å²) in [7, 11) is 0. The van der Waals surface area contributed by atoms with Crippen LogP contribution in [0.2, 0.25) is 0 Å². The highest BCUT2D eigenvalue weighted by atomic mass is 19.4. The van der Waals surface area contributed by atoms with Crippen LogP contribution in [0.3, 0.4) is 0 Å². The fourth-order valence-electron chi connectivity index (χ4n) is 3.71. The van der Waals surface area contributed by atoms with E-state index in [0.717, 1.165) is 24.3 Å². The summed E-state index contributed by atoms with van der Waals surface area (Å²) in [6.45, 7) is -3.11. The van der Waals surface area contributed by atoms with Gasteiger partial charge in [-0.05, 0) is 40.5 Å². The molecular formula is C26H20F7NO4. The van der Waals surface area contributed by atoms with Crippen molar-refractivity contribution in [2.75, 3.05) is 6.54 Å². The molecule has 1 N–H and O–H groups in total. The highest BCUT2D eigenvalue weighted by Crippen LogP contribution is 2.35. The molecule has 3 aromatic carbocycles. The van der Waals surface area contributed by atoms with E-state index in [0.29, 0.717) is 17.7 Å². The number of carbonyl (C=O) groups excluding carboxylic acids is 1. The number of carbonyl (C=O) groups is 2. The number of nitrogens with zero attached hydrogens (tertiary/aromatic N) is 1. The van der Waals surface area contributed by atoms with Gasteiger partial charge in [-0.1, -0.05) is 48.5 Å². The molecule has 0 unspecified atom stereocenters. The number of rotatable bonds is 8. The Hall–Kier alpha value is -4.09. The largest absolute Gasteiger partial charge is 0.481 e. The van der Waals surface area contributed by atoms with Gasteiger partial charge in [0.1, 0.15) is 19.0 Å². The zero-order valence-corrected chi connectivity index (χ0v) is 19.4. The third-order valence-corrected chi connectivity index (χ3v) is 5.38. The molecule has 0 fully saturated rings. The molecule has 0 bridgehead atoms. The molecule has 0 spiro atoms. The molecule has 0 saturated carbocycles. The van der Waals surface area contributed by atoms with Crippen molar-refractivity contribution < 1.29 is 50.2 Å². The summed E-state index contributed by atoms with van der Waals surface area (Å²) >= 11 is 0. The number of aliphatic carboxylic acids is 1. The number of amides is 1. The molecule has 202 valence electrons. The molecule has 0 saturated heterocycles. The van der Waals surface area contributed by atoms with E-state index in [1.807, 2.05) is 0 Å². The highest BCUT2D eigenvalue weighted by Gasteiger charge is 2.35. The molecule has 0 atom stereocenters. The number of alkyl halides is 6. The zero-order valence-electron chi connectivity index (χ0n) is 19.4. The second-order valence-electron chi connectivity index (χ2n) is 8.22. The summed E-state index contributed by atoms with van der Waals surface area (Å²) in [6, 6.07) is 13.1. The van der Waals surface area contributed by atoms with Crippen molar-refractivity contribution in [1.29, 1.82) is 0 Å². The van der Waals surface area contributed by atoms with Gasteiger partial charge in [-0.25, -0.2) is 9.18 Å². The predicted molar refractivity (Wildman–Crippen MR) is 121 cm³/mol. The molecular weight excluding hydrogens is 523 g/mol. The van der Waals surface area contributed by atoms with Gasteiger partial charge in [-0.15, -0.1) is 0 Å². The first-order valence-electron chi connectivity index (χ1n) is 11.0. The van der Waals surface area contributed by atoms with Crippen LogP contribution in [0.1, 0.15) is 22.3 Å². The lowest BCUT2D eigenvalue weighted by atomic mass is 9.92. The minimum Gasteiger partial charge on any atom is -0.481 e. The number of halogens is 7. The van der Waals surface area contributed by atoms with Crippen LogP contribution in [0.25, 0.3) is 11.1 Å². The lowest BCUT2D eigenvalue weighted by Crippen LogP contribution is -2.39.